The van der Waals surface area contributed by atoms with Crippen LogP contribution in [0.1, 0.15) is 27.0 Å². The van der Waals surface area contributed by atoms with E-state index in [0.29, 0.717) is 12.0 Å². The van der Waals surface area contributed by atoms with Crippen molar-refractivity contribution in [2.24, 2.45) is 0 Å². The molecule has 3 nitrogen and oxygen atoms in total. The summed E-state index contributed by atoms with van der Waals surface area (Å²) in [4.78, 5) is 12.4. The highest BCUT2D eigenvalue weighted by Gasteiger charge is 2.15. The zero-order valence-electron chi connectivity index (χ0n) is 12.5. The van der Waals surface area contributed by atoms with Crippen molar-refractivity contribution < 1.29 is 9.90 Å². The van der Waals surface area contributed by atoms with E-state index in [1.807, 2.05) is 62.4 Å². The monoisotopic (exact) mass is 283 g/mol. The Labute approximate surface area is 125 Å². The minimum atomic E-state index is -0.278. The Morgan fingerprint density at radius 1 is 1.10 bits per heavy atom. The maximum atomic E-state index is 12.4. The molecule has 0 spiro atoms. The number of hydrogen-bond acceptors (Lipinski definition) is 2. The highest BCUT2D eigenvalue weighted by atomic mass is 16.3. The van der Waals surface area contributed by atoms with E-state index in [4.69, 9.17) is 0 Å². The number of aryl methyl sites for hydroxylation is 1. The van der Waals surface area contributed by atoms with Crippen LogP contribution < -0.4 is 5.32 Å². The maximum absolute atomic E-state index is 12.4. The summed E-state index contributed by atoms with van der Waals surface area (Å²) in [7, 11) is 0. The van der Waals surface area contributed by atoms with Gasteiger partial charge in [0.1, 0.15) is 0 Å². The molecule has 1 amide bonds. The van der Waals surface area contributed by atoms with Crippen molar-refractivity contribution in [2.45, 2.75) is 26.3 Å². The fraction of sp³-hybridized carbons (Fsp3) is 0.278. The molecule has 2 aromatic carbocycles. The van der Waals surface area contributed by atoms with E-state index in [9.17, 15) is 9.90 Å². The molecule has 2 N–H and O–H groups in total. The van der Waals surface area contributed by atoms with Crippen LogP contribution >= 0.6 is 0 Å². The molecule has 0 aliphatic rings. The molecular formula is C18H21NO2. The Kier molecular flexibility index (Phi) is 5.12. The first-order chi connectivity index (χ1) is 10.1. The van der Waals surface area contributed by atoms with Crippen LogP contribution in [0.25, 0.3) is 0 Å². The number of nitrogens with one attached hydrogen (secondary N) is 1. The Morgan fingerprint density at radius 3 is 2.48 bits per heavy atom. The molecule has 0 saturated heterocycles. The zero-order chi connectivity index (χ0) is 15.2. The predicted molar refractivity (Wildman–Crippen MR) is 84.4 cm³/mol. The minimum absolute atomic E-state index is 0.0779. The smallest absolute Gasteiger partial charge is 0.251 e. The average Bonchev–Trinajstić information content (AvgIpc) is 2.50. The van der Waals surface area contributed by atoms with Gasteiger partial charge in [-0.15, -0.1) is 0 Å². The highest BCUT2D eigenvalue weighted by molar-refractivity contribution is 5.96. The molecule has 2 aromatic rings. The molecule has 0 radical (unpaired) electrons. The number of carbonyl (C=O) groups is 1. The van der Waals surface area contributed by atoms with Gasteiger partial charge in [-0.1, -0.05) is 42.5 Å². The minimum Gasteiger partial charge on any atom is -0.394 e. The van der Waals surface area contributed by atoms with Gasteiger partial charge in [-0.3, -0.25) is 4.79 Å². The molecule has 0 saturated carbocycles. The maximum Gasteiger partial charge on any atom is 0.251 e. The summed E-state index contributed by atoms with van der Waals surface area (Å²) in [5.74, 6) is -0.133. The summed E-state index contributed by atoms with van der Waals surface area (Å²) in [6, 6.07) is 15.2. The SMILES string of the molecule is Cc1cccc(C(=O)NC(CO)Cc2ccccc2)c1C. The third-order valence-electron chi connectivity index (χ3n) is 3.73. The first kappa shape index (κ1) is 15.3. The molecule has 0 bridgehead atoms. The number of aliphatic hydroxyl groups is 1. The van der Waals surface area contributed by atoms with Crippen LogP contribution in [0.4, 0.5) is 0 Å². The Morgan fingerprint density at radius 2 is 1.81 bits per heavy atom. The molecule has 0 fully saturated rings. The van der Waals surface area contributed by atoms with Gasteiger partial charge in [0.25, 0.3) is 5.91 Å². The first-order valence-corrected chi connectivity index (χ1v) is 7.13. The fourth-order valence-electron chi connectivity index (χ4n) is 2.32. The van der Waals surface area contributed by atoms with Gasteiger partial charge >= 0.3 is 0 Å². The van der Waals surface area contributed by atoms with Crippen molar-refractivity contribution in [1.29, 1.82) is 0 Å². The lowest BCUT2D eigenvalue weighted by Gasteiger charge is -2.17. The van der Waals surface area contributed by atoms with E-state index in [0.717, 1.165) is 16.7 Å². The van der Waals surface area contributed by atoms with Crippen LogP contribution in [0, 0.1) is 13.8 Å². The lowest BCUT2D eigenvalue weighted by Crippen LogP contribution is -2.39. The normalized spacial score (nSPS) is 12.0. The van der Waals surface area contributed by atoms with Crippen molar-refractivity contribution in [1.82, 2.24) is 5.32 Å². The molecule has 1 unspecified atom stereocenters. The van der Waals surface area contributed by atoms with Crippen LogP contribution in [-0.2, 0) is 6.42 Å². The second kappa shape index (κ2) is 7.04. The molecule has 0 aromatic heterocycles. The molecular weight excluding hydrogens is 262 g/mol. The fourth-order valence-corrected chi connectivity index (χ4v) is 2.32. The molecule has 21 heavy (non-hydrogen) atoms. The van der Waals surface area contributed by atoms with Gasteiger partial charge in [0, 0.05) is 5.56 Å². The second-order valence-corrected chi connectivity index (χ2v) is 5.29. The van der Waals surface area contributed by atoms with Gasteiger partial charge in [0.15, 0.2) is 0 Å². The van der Waals surface area contributed by atoms with Crippen molar-refractivity contribution in [3.63, 3.8) is 0 Å². The average molecular weight is 283 g/mol. The van der Waals surface area contributed by atoms with E-state index >= 15 is 0 Å². The van der Waals surface area contributed by atoms with Gasteiger partial charge in [-0.05, 0) is 43.0 Å². The number of aliphatic hydroxyl groups excluding tert-OH is 1. The van der Waals surface area contributed by atoms with Gasteiger partial charge in [0.05, 0.1) is 12.6 Å². The van der Waals surface area contributed by atoms with E-state index < -0.39 is 0 Å². The number of amides is 1. The predicted octanol–water partition coefficient (Wildman–Crippen LogP) is 2.64. The van der Waals surface area contributed by atoms with E-state index in [1.165, 1.54) is 0 Å². The molecule has 0 heterocycles. The van der Waals surface area contributed by atoms with Crippen molar-refractivity contribution >= 4 is 5.91 Å². The van der Waals surface area contributed by atoms with E-state index in [-0.39, 0.29) is 18.6 Å². The summed E-state index contributed by atoms with van der Waals surface area (Å²) in [6.07, 6.45) is 0.619. The van der Waals surface area contributed by atoms with Crippen LogP contribution in [0.3, 0.4) is 0 Å². The summed E-state index contributed by atoms with van der Waals surface area (Å²) >= 11 is 0. The van der Waals surface area contributed by atoms with Crippen LogP contribution in [0.5, 0.6) is 0 Å². The standard InChI is InChI=1S/C18H21NO2/c1-13-7-6-10-17(14(13)2)18(21)19-16(12-20)11-15-8-4-3-5-9-15/h3-10,16,20H,11-12H2,1-2H3,(H,19,21). The van der Waals surface area contributed by atoms with Crippen LogP contribution in [0.2, 0.25) is 0 Å². The Hall–Kier alpha value is -2.13. The molecule has 110 valence electrons. The number of hydrogen-bond donors (Lipinski definition) is 2. The lowest BCUT2D eigenvalue weighted by molar-refractivity contribution is 0.0916. The Balaban J connectivity index is 2.08. The van der Waals surface area contributed by atoms with Crippen molar-refractivity contribution in [2.75, 3.05) is 6.61 Å². The summed E-state index contributed by atoms with van der Waals surface area (Å²) in [5, 5.41) is 12.4. The van der Waals surface area contributed by atoms with Crippen LogP contribution in [0.15, 0.2) is 48.5 Å². The van der Waals surface area contributed by atoms with Gasteiger partial charge in [0.2, 0.25) is 0 Å². The van der Waals surface area contributed by atoms with Gasteiger partial charge in [-0.25, -0.2) is 0 Å². The van der Waals surface area contributed by atoms with E-state index in [2.05, 4.69) is 5.32 Å². The van der Waals surface area contributed by atoms with Gasteiger partial charge < -0.3 is 10.4 Å². The molecule has 0 aliphatic heterocycles. The molecule has 3 heteroatoms. The summed E-state index contributed by atoms with van der Waals surface area (Å²) < 4.78 is 0. The second-order valence-electron chi connectivity index (χ2n) is 5.29. The first-order valence-electron chi connectivity index (χ1n) is 7.13. The zero-order valence-corrected chi connectivity index (χ0v) is 12.5. The van der Waals surface area contributed by atoms with Gasteiger partial charge in [-0.2, -0.15) is 0 Å². The van der Waals surface area contributed by atoms with Crippen molar-refractivity contribution in [3.8, 4) is 0 Å². The highest BCUT2D eigenvalue weighted by Crippen LogP contribution is 2.13. The van der Waals surface area contributed by atoms with E-state index in [1.54, 1.807) is 0 Å². The largest absolute Gasteiger partial charge is 0.394 e. The molecule has 0 aliphatic carbocycles. The summed E-state index contributed by atoms with van der Waals surface area (Å²) in [6.45, 7) is 3.85. The Bertz CT molecular complexity index is 608. The number of rotatable bonds is 5. The number of carbonyl (C=O) groups excluding carboxylic acids is 1. The molecule has 2 rings (SSSR count). The molecule has 1 atom stereocenters. The topological polar surface area (TPSA) is 49.3 Å². The quantitative estimate of drug-likeness (QED) is 0.886. The van der Waals surface area contributed by atoms with Crippen molar-refractivity contribution in [3.05, 3.63) is 70.8 Å². The lowest BCUT2D eigenvalue weighted by atomic mass is 10.0. The summed E-state index contributed by atoms with van der Waals surface area (Å²) in [5.41, 5.74) is 3.83. The number of benzene rings is 2. The third kappa shape index (κ3) is 3.92. The third-order valence-corrected chi connectivity index (χ3v) is 3.73. The van der Waals surface area contributed by atoms with Crippen LogP contribution in [-0.4, -0.2) is 23.7 Å².